The Morgan fingerprint density at radius 2 is 1.63 bits per heavy atom. The van der Waals surface area contributed by atoms with Crippen LogP contribution in [0.2, 0.25) is 0 Å². The Bertz CT molecular complexity index is 602. The highest BCUT2D eigenvalue weighted by Crippen LogP contribution is 2.16. The zero-order valence-electron chi connectivity index (χ0n) is 11.9. The zero-order valence-corrected chi connectivity index (χ0v) is 11.9. The van der Waals surface area contributed by atoms with Crippen molar-refractivity contribution in [3.8, 4) is 0 Å². The van der Waals surface area contributed by atoms with E-state index in [0.29, 0.717) is 0 Å². The maximum absolute atomic E-state index is 4.69. The van der Waals surface area contributed by atoms with Crippen molar-refractivity contribution in [1.29, 1.82) is 0 Å². The predicted molar refractivity (Wildman–Crippen MR) is 78.6 cm³/mol. The number of aromatic nitrogens is 2. The molecule has 0 aromatic carbocycles. The van der Waals surface area contributed by atoms with Gasteiger partial charge in [-0.3, -0.25) is 15.0 Å². The van der Waals surface area contributed by atoms with Gasteiger partial charge in [0, 0.05) is 11.4 Å². The van der Waals surface area contributed by atoms with Gasteiger partial charge in [0.25, 0.3) is 0 Å². The zero-order chi connectivity index (χ0) is 13.8. The lowest BCUT2D eigenvalue weighted by molar-refractivity contribution is 0.776. The first kappa shape index (κ1) is 13.4. The van der Waals surface area contributed by atoms with E-state index >= 15 is 0 Å². The standard InChI is InChI=1S/C16H19N3/c1-11-7-5-9-15(17-11)13(3)19-14(4)16-10-6-8-12(2)18-16/h5-10,13H,1-4H3/b19-14+/t13-/m0/s1. The van der Waals surface area contributed by atoms with Gasteiger partial charge in [-0.25, -0.2) is 0 Å². The predicted octanol–water partition coefficient (Wildman–Crippen LogP) is 3.66. The minimum atomic E-state index is 0.0437. The molecule has 0 N–H and O–H groups in total. The molecule has 2 aromatic heterocycles. The summed E-state index contributed by atoms with van der Waals surface area (Å²) in [6, 6.07) is 12.1. The fraction of sp³-hybridized carbons (Fsp3) is 0.312. The van der Waals surface area contributed by atoms with Crippen molar-refractivity contribution in [1.82, 2.24) is 9.97 Å². The largest absolute Gasteiger partial charge is 0.278 e. The van der Waals surface area contributed by atoms with Gasteiger partial charge in [0.2, 0.25) is 0 Å². The van der Waals surface area contributed by atoms with E-state index in [0.717, 1.165) is 28.5 Å². The third kappa shape index (κ3) is 3.47. The SMILES string of the molecule is C/C(=N\[C@@H](C)c1cccc(C)n1)c1cccc(C)n1. The van der Waals surface area contributed by atoms with E-state index in [4.69, 9.17) is 4.99 Å². The number of aryl methyl sites for hydroxylation is 2. The molecule has 0 bridgehead atoms. The monoisotopic (exact) mass is 253 g/mol. The average Bonchev–Trinajstić information content (AvgIpc) is 2.38. The van der Waals surface area contributed by atoms with Crippen LogP contribution in [0.5, 0.6) is 0 Å². The van der Waals surface area contributed by atoms with Gasteiger partial charge in [-0.1, -0.05) is 12.1 Å². The molecular formula is C16H19N3. The molecule has 0 saturated carbocycles. The number of pyridine rings is 2. The normalized spacial score (nSPS) is 13.4. The Morgan fingerprint density at radius 1 is 1.00 bits per heavy atom. The summed E-state index contributed by atoms with van der Waals surface area (Å²) < 4.78 is 0. The molecule has 3 nitrogen and oxygen atoms in total. The summed E-state index contributed by atoms with van der Waals surface area (Å²) in [6.07, 6.45) is 0. The van der Waals surface area contributed by atoms with Gasteiger partial charge >= 0.3 is 0 Å². The summed E-state index contributed by atoms with van der Waals surface area (Å²) >= 11 is 0. The lowest BCUT2D eigenvalue weighted by Crippen LogP contribution is -2.03. The van der Waals surface area contributed by atoms with E-state index < -0.39 is 0 Å². The highest BCUT2D eigenvalue weighted by molar-refractivity contribution is 5.97. The average molecular weight is 253 g/mol. The van der Waals surface area contributed by atoms with Crippen LogP contribution in [0.1, 0.15) is 42.7 Å². The van der Waals surface area contributed by atoms with Crippen LogP contribution in [0, 0.1) is 13.8 Å². The molecule has 0 saturated heterocycles. The number of hydrogen-bond donors (Lipinski definition) is 0. The maximum Gasteiger partial charge on any atom is 0.0895 e. The van der Waals surface area contributed by atoms with E-state index in [2.05, 4.69) is 16.9 Å². The smallest absolute Gasteiger partial charge is 0.0895 e. The van der Waals surface area contributed by atoms with Gasteiger partial charge < -0.3 is 0 Å². The minimum absolute atomic E-state index is 0.0437. The number of aliphatic imine (C=N–C) groups is 1. The summed E-state index contributed by atoms with van der Waals surface area (Å²) in [7, 11) is 0. The van der Waals surface area contributed by atoms with Crippen molar-refractivity contribution in [2.75, 3.05) is 0 Å². The van der Waals surface area contributed by atoms with Crippen LogP contribution in [-0.2, 0) is 0 Å². The first-order valence-corrected chi connectivity index (χ1v) is 6.48. The first-order chi connectivity index (χ1) is 9.06. The molecule has 0 aliphatic rings. The summed E-state index contributed by atoms with van der Waals surface area (Å²) in [5.41, 5.74) is 4.89. The molecule has 0 radical (unpaired) electrons. The molecule has 0 aliphatic carbocycles. The van der Waals surface area contributed by atoms with Crippen molar-refractivity contribution < 1.29 is 0 Å². The molecule has 0 spiro atoms. The van der Waals surface area contributed by atoms with E-state index in [-0.39, 0.29) is 6.04 Å². The van der Waals surface area contributed by atoms with Crippen molar-refractivity contribution >= 4 is 5.71 Å². The van der Waals surface area contributed by atoms with Gasteiger partial charge in [0.15, 0.2) is 0 Å². The second-order valence-corrected chi connectivity index (χ2v) is 4.76. The third-order valence-corrected chi connectivity index (χ3v) is 2.98. The Labute approximate surface area is 114 Å². The van der Waals surface area contributed by atoms with Crippen molar-refractivity contribution in [2.24, 2.45) is 4.99 Å². The van der Waals surface area contributed by atoms with Gasteiger partial charge in [0.1, 0.15) is 0 Å². The quantitative estimate of drug-likeness (QED) is 0.783. The van der Waals surface area contributed by atoms with Crippen LogP contribution in [-0.4, -0.2) is 15.7 Å². The molecule has 1 atom stereocenters. The van der Waals surface area contributed by atoms with Crippen molar-refractivity contribution in [3.63, 3.8) is 0 Å². The number of rotatable bonds is 3. The van der Waals surface area contributed by atoms with Gasteiger partial charge in [-0.15, -0.1) is 0 Å². The fourth-order valence-electron chi connectivity index (χ4n) is 1.96. The Balaban J connectivity index is 2.25. The van der Waals surface area contributed by atoms with E-state index in [1.54, 1.807) is 0 Å². The molecule has 0 fully saturated rings. The first-order valence-electron chi connectivity index (χ1n) is 6.48. The van der Waals surface area contributed by atoms with Crippen LogP contribution in [0.25, 0.3) is 0 Å². The van der Waals surface area contributed by atoms with Gasteiger partial charge in [-0.05, 0) is 52.0 Å². The summed E-state index contributed by atoms with van der Waals surface area (Å²) in [4.78, 5) is 13.7. The lowest BCUT2D eigenvalue weighted by Gasteiger charge is -2.09. The molecule has 2 heterocycles. The van der Waals surface area contributed by atoms with Gasteiger partial charge in [0.05, 0.1) is 23.1 Å². The molecular weight excluding hydrogens is 234 g/mol. The van der Waals surface area contributed by atoms with Gasteiger partial charge in [-0.2, -0.15) is 0 Å². The molecule has 0 unspecified atom stereocenters. The second kappa shape index (κ2) is 5.74. The van der Waals surface area contributed by atoms with Crippen LogP contribution >= 0.6 is 0 Å². The van der Waals surface area contributed by atoms with Crippen molar-refractivity contribution in [3.05, 3.63) is 59.2 Å². The van der Waals surface area contributed by atoms with Crippen LogP contribution < -0.4 is 0 Å². The second-order valence-electron chi connectivity index (χ2n) is 4.76. The highest BCUT2D eigenvalue weighted by Gasteiger charge is 2.07. The van der Waals surface area contributed by atoms with Crippen LogP contribution in [0.15, 0.2) is 41.4 Å². The number of nitrogens with zero attached hydrogens (tertiary/aromatic N) is 3. The molecule has 19 heavy (non-hydrogen) atoms. The molecule has 0 aliphatic heterocycles. The maximum atomic E-state index is 4.69. The Kier molecular flexibility index (Phi) is 4.05. The Morgan fingerprint density at radius 3 is 2.26 bits per heavy atom. The minimum Gasteiger partial charge on any atom is -0.278 e. The fourth-order valence-corrected chi connectivity index (χ4v) is 1.96. The molecule has 2 aromatic rings. The van der Waals surface area contributed by atoms with Crippen LogP contribution in [0.4, 0.5) is 0 Å². The highest BCUT2D eigenvalue weighted by atomic mass is 14.9. The molecule has 2 rings (SSSR count). The summed E-state index contributed by atoms with van der Waals surface area (Å²) in [6.45, 7) is 8.03. The molecule has 0 amide bonds. The lowest BCUT2D eigenvalue weighted by atomic mass is 10.2. The summed E-state index contributed by atoms with van der Waals surface area (Å²) in [5.74, 6) is 0. The molecule has 98 valence electrons. The summed E-state index contributed by atoms with van der Waals surface area (Å²) in [5, 5.41) is 0. The van der Waals surface area contributed by atoms with E-state index in [9.17, 15) is 0 Å². The number of hydrogen-bond acceptors (Lipinski definition) is 3. The van der Waals surface area contributed by atoms with Crippen molar-refractivity contribution in [2.45, 2.75) is 33.7 Å². The topological polar surface area (TPSA) is 38.1 Å². The van der Waals surface area contributed by atoms with E-state index in [1.165, 1.54) is 0 Å². The Hall–Kier alpha value is -2.03. The molecule has 3 heteroatoms. The third-order valence-electron chi connectivity index (χ3n) is 2.98. The van der Waals surface area contributed by atoms with E-state index in [1.807, 2.05) is 57.2 Å². The van der Waals surface area contributed by atoms with Crippen LogP contribution in [0.3, 0.4) is 0 Å².